The van der Waals surface area contributed by atoms with E-state index in [4.69, 9.17) is 9.26 Å². The van der Waals surface area contributed by atoms with Crippen molar-refractivity contribution < 1.29 is 14.1 Å². The Morgan fingerprint density at radius 3 is 2.94 bits per heavy atom. The van der Waals surface area contributed by atoms with E-state index >= 15 is 0 Å². The number of carbonyl (C=O) groups excluding carboxylic acids is 1. The fourth-order valence-corrected chi connectivity index (χ4v) is 5.01. The normalized spacial score (nSPS) is 22.0. The predicted molar refractivity (Wildman–Crippen MR) is 115 cm³/mol. The van der Waals surface area contributed by atoms with Gasteiger partial charge in [0.1, 0.15) is 11.7 Å². The summed E-state index contributed by atoms with van der Waals surface area (Å²) < 4.78 is 10.2. The second-order valence-electron chi connectivity index (χ2n) is 8.28. The number of hydrogen-bond acceptors (Lipinski definition) is 8. The number of rotatable bonds is 5. The van der Waals surface area contributed by atoms with Crippen LogP contribution in [0.4, 0.5) is 16.5 Å². The number of carbonyl (C=O) groups is 1. The number of amides is 2. The number of ether oxygens (including phenoxy) is 1. The van der Waals surface area contributed by atoms with Crippen molar-refractivity contribution in [3.63, 3.8) is 0 Å². The maximum Gasteiger partial charge on any atom is 0.355 e. The summed E-state index contributed by atoms with van der Waals surface area (Å²) >= 11 is 0. The summed E-state index contributed by atoms with van der Waals surface area (Å²) in [5.74, 6) is 0.813. The van der Waals surface area contributed by atoms with Crippen molar-refractivity contribution in [1.82, 2.24) is 25.0 Å². The van der Waals surface area contributed by atoms with Gasteiger partial charge in [0.05, 0.1) is 17.9 Å². The molecule has 0 spiro atoms. The molecule has 2 N–H and O–H groups in total. The van der Waals surface area contributed by atoms with E-state index in [0.717, 1.165) is 29.6 Å². The van der Waals surface area contributed by atoms with Crippen molar-refractivity contribution in [2.45, 2.75) is 25.8 Å². The van der Waals surface area contributed by atoms with Gasteiger partial charge in [0.25, 0.3) is 0 Å². The third-order valence-corrected chi connectivity index (χ3v) is 6.49. The van der Waals surface area contributed by atoms with Gasteiger partial charge in [-0.05, 0) is 42.8 Å². The maximum absolute atomic E-state index is 12.6. The highest BCUT2D eigenvalue weighted by Crippen LogP contribution is 2.42. The molecule has 1 aliphatic heterocycles. The van der Waals surface area contributed by atoms with Crippen LogP contribution in [0.2, 0.25) is 0 Å². The van der Waals surface area contributed by atoms with Crippen molar-refractivity contribution in [2.75, 3.05) is 37.0 Å². The van der Waals surface area contributed by atoms with E-state index in [-0.39, 0.29) is 18.1 Å². The highest BCUT2D eigenvalue weighted by atomic mass is 16.6. The average Bonchev–Trinajstić information content (AvgIpc) is 3.55. The number of pyridine rings is 1. The number of aromatic amines is 1. The van der Waals surface area contributed by atoms with Crippen molar-refractivity contribution in [3.8, 4) is 12.1 Å². The number of aromatic nitrogens is 4. The average molecular weight is 436 g/mol. The van der Waals surface area contributed by atoms with Gasteiger partial charge >= 0.3 is 18.1 Å². The number of nitrogens with one attached hydrogen (secondary N) is 2. The lowest BCUT2D eigenvalue weighted by Crippen LogP contribution is -2.36. The van der Waals surface area contributed by atoms with Gasteiger partial charge in [-0.1, -0.05) is 0 Å². The first-order valence-electron chi connectivity index (χ1n) is 10.7. The minimum absolute atomic E-state index is 0.0327. The monoisotopic (exact) mass is 436 g/mol. The summed E-state index contributed by atoms with van der Waals surface area (Å²) in [5.41, 5.74) is 2.27. The molecule has 11 nitrogen and oxygen atoms in total. The molecule has 0 bridgehead atoms. The summed E-state index contributed by atoms with van der Waals surface area (Å²) in [6.07, 6.45) is 5.38. The zero-order valence-electron chi connectivity index (χ0n) is 17.9. The van der Waals surface area contributed by atoms with Crippen LogP contribution >= 0.6 is 0 Å². The van der Waals surface area contributed by atoms with E-state index in [1.807, 2.05) is 26.2 Å². The summed E-state index contributed by atoms with van der Waals surface area (Å²) in [5, 5.41) is 16.9. The molecular formula is C21H24N8O3. The molecule has 0 aromatic carbocycles. The molecule has 4 heterocycles. The van der Waals surface area contributed by atoms with Crippen LogP contribution in [0.15, 0.2) is 23.0 Å². The lowest BCUT2D eigenvalue weighted by molar-refractivity contribution is 0.217. The number of fused-ring (bicyclic) bond motifs is 2. The van der Waals surface area contributed by atoms with Gasteiger partial charge in [0.15, 0.2) is 0 Å². The van der Waals surface area contributed by atoms with Crippen LogP contribution in [0.25, 0.3) is 11.0 Å². The third kappa shape index (κ3) is 3.47. The van der Waals surface area contributed by atoms with Crippen LogP contribution in [0.5, 0.6) is 6.01 Å². The Bertz CT molecular complexity index is 1170. The zero-order valence-corrected chi connectivity index (χ0v) is 17.9. The largest absolute Gasteiger partial charge is 0.462 e. The third-order valence-electron chi connectivity index (χ3n) is 6.49. The van der Waals surface area contributed by atoms with Crippen LogP contribution in [0, 0.1) is 23.2 Å². The molecule has 11 heteroatoms. The fraction of sp³-hybridized carbons (Fsp3) is 0.476. The molecule has 3 aromatic heterocycles. The molecule has 2 amide bonds. The Balaban J connectivity index is 1.24. The molecule has 2 unspecified atom stereocenters. The molecule has 0 radical (unpaired) electrons. The van der Waals surface area contributed by atoms with Gasteiger partial charge in [0.2, 0.25) is 0 Å². The molecule has 2 aliphatic rings. The molecule has 3 atom stereocenters. The Hall–Kier alpha value is -3.81. The van der Waals surface area contributed by atoms with Gasteiger partial charge in [-0.2, -0.15) is 5.26 Å². The summed E-state index contributed by atoms with van der Waals surface area (Å²) in [4.78, 5) is 28.1. The lowest BCUT2D eigenvalue weighted by atomic mass is 10.0. The van der Waals surface area contributed by atoms with E-state index < -0.39 is 0 Å². The van der Waals surface area contributed by atoms with Crippen LogP contribution in [-0.4, -0.2) is 63.8 Å². The molecule has 32 heavy (non-hydrogen) atoms. The van der Waals surface area contributed by atoms with E-state index in [0.29, 0.717) is 43.1 Å². The van der Waals surface area contributed by atoms with Gasteiger partial charge in [-0.15, -0.1) is 4.98 Å². The fourth-order valence-electron chi connectivity index (χ4n) is 5.01. The molecule has 3 aromatic rings. The van der Waals surface area contributed by atoms with Crippen molar-refractivity contribution in [1.29, 1.82) is 5.26 Å². The number of anilines is 2. The minimum Gasteiger partial charge on any atom is -0.462 e. The predicted octanol–water partition coefficient (Wildman–Crippen LogP) is 2.59. The quantitative estimate of drug-likeness (QED) is 0.623. The summed E-state index contributed by atoms with van der Waals surface area (Å²) in [7, 11) is 2.05. The first-order chi connectivity index (χ1) is 15.6. The molecule has 1 aliphatic carbocycles. The Morgan fingerprint density at radius 1 is 1.44 bits per heavy atom. The van der Waals surface area contributed by atoms with E-state index in [2.05, 4.69) is 36.4 Å². The van der Waals surface area contributed by atoms with E-state index in [1.54, 1.807) is 11.1 Å². The van der Waals surface area contributed by atoms with Crippen LogP contribution < -0.4 is 15.0 Å². The van der Waals surface area contributed by atoms with Crippen LogP contribution in [0.3, 0.4) is 0 Å². The lowest BCUT2D eigenvalue weighted by Gasteiger charge is -2.29. The highest BCUT2D eigenvalue weighted by Gasteiger charge is 2.44. The standard InChI is InChI=1S/C21H24N8O3/c1-3-31-20-25-19(32-27-20)26-21(30)29-10-12-6-15(7-13(12)11-29)28(2)17-14(8-22)9-24-18-16(17)4-5-23-18/h4-5,9,12-13,15H,3,6-7,10-11H2,1-2H3,(H,23,24)(H,25,26,27,30)/t12-,13?,15?/m1/s1. The molecule has 1 saturated heterocycles. The molecule has 166 valence electrons. The maximum atomic E-state index is 12.6. The van der Waals surface area contributed by atoms with E-state index in [1.165, 1.54) is 0 Å². The number of hydrogen-bond donors (Lipinski definition) is 2. The Morgan fingerprint density at radius 2 is 2.22 bits per heavy atom. The van der Waals surface area contributed by atoms with Crippen LogP contribution in [0.1, 0.15) is 25.3 Å². The highest BCUT2D eigenvalue weighted by molar-refractivity contribution is 5.93. The SMILES string of the molecule is CCOc1noc(NC(=O)N2CC3CC(N(C)c4c(C#N)cnc5[nH]ccc45)C[C@@H]3C2)n1. The van der Waals surface area contributed by atoms with Gasteiger partial charge in [-0.25, -0.2) is 9.78 Å². The molecule has 1 saturated carbocycles. The summed E-state index contributed by atoms with van der Waals surface area (Å²) in [6.45, 7) is 3.59. The van der Waals surface area contributed by atoms with Crippen molar-refractivity contribution >= 4 is 28.8 Å². The second kappa shape index (κ2) is 8.03. The van der Waals surface area contributed by atoms with Crippen LogP contribution in [-0.2, 0) is 0 Å². The number of H-pyrrole nitrogens is 1. The molecular weight excluding hydrogens is 412 g/mol. The van der Waals surface area contributed by atoms with Gasteiger partial charge < -0.3 is 24.0 Å². The molecule has 2 fully saturated rings. The van der Waals surface area contributed by atoms with Gasteiger partial charge in [0, 0.05) is 44.0 Å². The smallest absolute Gasteiger partial charge is 0.355 e. The topological polar surface area (TPSA) is 136 Å². The second-order valence-corrected chi connectivity index (χ2v) is 8.28. The number of nitrogens with zero attached hydrogens (tertiary/aromatic N) is 6. The Kier molecular flexibility index (Phi) is 5.05. The van der Waals surface area contributed by atoms with Gasteiger partial charge in [-0.3, -0.25) is 5.32 Å². The number of nitriles is 1. The van der Waals surface area contributed by atoms with Crippen molar-refractivity contribution in [3.05, 3.63) is 24.0 Å². The van der Waals surface area contributed by atoms with E-state index in [9.17, 15) is 10.1 Å². The summed E-state index contributed by atoms with van der Waals surface area (Å²) in [6, 6.07) is 4.44. The van der Waals surface area contributed by atoms with Crippen molar-refractivity contribution in [2.24, 2.45) is 11.8 Å². The number of urea groups is 1. The molecule has 5 rings (SSSR count). The zero-order chi connectivity index (χ0) is 22.2. The number of likely N-dealkylation sites (tertiary alicyclic amines) is 1. The first kappa shape index (κ1) is 20.1. The minimum atomic E-state index is -0.245. The first-order valence-corrected chi connectivity index (χ1v) is 10.7. The Labute approximate surface area is 184 Å².